The zero-order valence-corrected chi connectivity index (χ0v) is 13.1. The third-order valence-electron chi connectivity index (χ3n) is 3.97. The topological polar surface area (TPSA) is 18.5 Å². The van der Waals surface area contributed by atoms with Gasteiger partial charge in [-0.05, 0) is 50.2 Å². The van der Waals surface area contributed by atoms with Crippen molar-refractivity contribution in [2.24, 2.45) is 5.41 Å². The Morgan fingerprint density at radius 1 is 1.30 bits per heavy atom. The quantitative estimate of drug-likeness (QED) is 0.532. The monoisotopic (exact) mass is 292 g/mol. The number of hydrogen-bond donors (Lipinski definition) is 0. The zero-order chi connectivity index (χ0) is 14.3. The molecule has 110 valence electrons. The summed E-state index contributed by atoms with van der Waals surface area (Å²) in [5.41, 5.74) is 1.55. The van der Waals surface area contributed by atoms with Crippen molar-refractivity contribution in [3.05, 3.63) is 42.5 Å². The van der Waals surface area contributed by atoms with Gasteiger partial charge in [-0.25, -0.2) is 0 Å². The van der Waals surface area contributed by atoms with Crippen molar-refractivity contribution in [2.75, 3.05) is 19.8 Å². The molecule has 1 aliphatic heterocycles. The molecule has 0 spiro atoms. The van der Waals surface area contributed by atoms with Crippen LogP contribution in [0.4, 0.5) is 0 Å². The summed E-state index contributed by atoms with van der Waals surface area (Å²) in [6.45, 7) is 8.44. The second kappa shape index (κ2) is 7.87. The highest BCUT2D eigenvalue weighted by Gasteiger charge is 2.32. The number of allylic oxidation sites excluding steroid dienone is 1. The first kappa shape index (κ1) is 15.6. The van der Waals surface area contributed by atoms with Crippen LogP contribution in [0.1, 0.15) is 31.2 Å². The predicted molar refractivity (Wildman–Crippen MR) is 84.9 cm³/mol. The number of ether oxygens (including phenoxy) is 1. The third-order valence-corrected chi connectivity index (χ3v) is 4.67. The first-order valence-corrected chi connectivity index (χ1v) is 8.03. The fraction of sp³-hybridized carbons (Fsp3) is 0.529. The summed E-state index contributed by atoms with van der Waals surface area (Å²) < 4.78 is 11.4. The van der Waals surface area contributed by atoms with Crippen molar-refractivity contribution < 1.29 is 8.92 Å². The van der Waals surface area contributed by atoms with Gasteiger partial charge >= 0.3 is 0 Å². The van der Waals surface area contributed by atoms with E-state index in [4.69, 9.17) is 8.92 Å². The molecule has 0 aliphatic carbocycles. The van der Waals surface area contributed by atoms with Crippen LogP contribution in [0.5, 0.6) is 0 Å². The van der Waals surface area contributed by atoms with Crippen LogP contribution < -0.4 is 0 Å². The van der Waals surface area contributed by atoms with E-state index in [1.807, 2.05) is 6.08 Å². The maximum atomic E-state index is 5.93. The largest absolute Gasteiger partial charge is 0.381 e. The molecule has 0 amide bonds. The first-order valence-electron chi connectivity index (χ1n) is 7.29. The zero-order valence-electron chi connectivity index (χ0n) is 12.3. The van der Waals surface area contributed by atoms with Crippen LogP contribution in [-0.4, -0.2) is 19.8 Å². The molecular weight excluding hydrogens is 268 g/mol. The Labute approximate surface area is 126 Å². The van der Waals surface area contributed by atoms with Gasteiger partial charge in [-0.3, -0.25) is 0 Å². The van der Waals surface area contributed by atoms with E-state index in [1.165, 1.54) is 22.5 Å². The molecule has 0 bridgehead atoms. The molecule has 1 aliphatic rings. The van der Waals surface area contributed by atoms with Gasteiger partial charge in [0.1, 0.15) is 0 Å². The van der Waals surface area contributed by atoms with Crippen LogP contribution in [0.2, 0.25) is 0 Å². The minimum atomic E-state index is 0.268. The molecule has 0 radical (unpaired) electrons. The molecule has 1 heterocycles. The molecule has 20 heavy (non-hydrogen) atoms. The summed E-state index contributed by atoms with van der Waals surface area (Å²) in [5.74, 6) is 0. The van der Waals surface area contributed by atoms with E-state index < -0.39 is 0 Å². The SMILES string of the molecule is C=CCCC1(COSc2ccc(C)cc2)CCOCC1. The van der Waals surface area contributed by atoms with E-state index in [1.54, 1.807) is 0 Å². The lowest BCUT2D eigenvalue weighted by atomic mass is 9.77. The molecule has 0 aromatic heterocycles. The summed E-state index contributed by atoms with van der Waals surface area (Å²) in [5, 5.41) is 0. The first-order chi connectivity index (χ1) is 9.74. The molecule has 0 saturated carbocycles. The third kappa shape index (κ3) is 4.65. The molecular formula is C17H24O2S. The van der Waals surface area contributed by atoms with Gasteiger partial charge in [-0.1, -0.05) is 23.8 Å². The van der Waals surface area contributed by atoms with Gasteiger partial charge in [0.05, 0.1) is 6.61 Å². The van der Waals surface area contributed by atoms with Crippen molar-refractivity contribution in [3.8, 4) is 0 Å². The Hall–Kier alpha value is -0.770. The van der Waals surface area contributed by atoms with Gasteiger partial charge in [0.15, 0.2) is 0 Å². The highest BCUT2D eigenvalue weighted by atomic mass is 32.2. The van der Waals surface area contributed by atoms with E-state index in [-0.39, 0.29) is 5.41 Å². The molecule has 1 saturated heterocycles. The smallest absolute Gasteiger partial charge is 0.0676 e. The molecule has 0 unspecified atom stereocenters. The highest BCUT2D eigenvalue weighted by molar-refractivity contribution is 7.94. The van der Waals surface area contributed by atoms with Crippen LogP contribution in [0, 0.1) is 12.3 Å². The Kier molecular flexibility index (Phi) is 6.14. The Bertz CT molecular complexity index is 408. The Morgan fingerprint density at radius 2 is 2.00 bits per heavy atom. The summed E-state index contributed by atoms with van der Waals surface area (Å²) in [7, 11) is 0. The van der Waals surface area contributed by atoms with Gasteiger partial charge in [-0.15, -0.1) is 6.58 Å². The summed E-state index contributed by atoms with van der Waals surface area (Å²) in [6.07, 6.45) is 6.39. The van der Waals surface area contributed by atoms with E-state index in [0.29, 0.717) is 0 Å². The van der Waals surface area contributed by atoms with Gasteiger partial charge < -0.3 is 8.92 Å². The fourth-order valence-corrected chi connectivity index (χ4v) is 3.19. The fourth-order valence-electron chi connectivity index (χ4n) is 2.50. The Morgan fingerprint density at radius 3 is 2.65 bits per heavy atom. The lowest BCUT2D eigenvalue weighted by Gasteiger charge is -2.36. The van der Waals surface area contributed by atoms with E-state index in [9.17, 15) is 0 Å². The average molecular weight is 292 g/mol. The van der Waals surface area contributed by atoms with Crippen molar-refractivity contribution >= 4 is 12.0 Å². The summed E-state index contributed by atoms with van der Waals surface area (Å²) in [4.78, 5) is 1.17. The van der Waals surface area contributed by atoms with Crippen LogP contribution in [0.25, 0.3) is 0 Å². The van der Waals surface area contributed by atoms with Crippen molar-refractivity contribution in [3.63, 3.8) is 0 Å². The maximum Gasteiger partial charge on any atom is 0.0676 e. The minimum absolute atomic E-state index is 0.268. The second-order valence-corrected chi connectivity index (χ2v) is 6.47. The van der Waals surface area contributed by atoms with Gasteiger partial charge in [0.2, 0.25) is 0 Å². The summed E-state index contributed by atoms with van der Waals surface area (Å²) >= 11 is 1.49. The number of hydrogen-bond acceptors (Lipinski definition) is 3. The van der Waals surface area contributed by atoms with E-state index in [2.05, 4.69) is 37.8 Å². The predicted octanol–water partition coefficient (Wildman–Crippen LogP) is 4.78. The van der Waals surface area contributed by atoms with E-state index >= 15 is 0 Å². The van der Waals surface area contributed by atoms with E-state index in [0.717, 1.165) is 45.5 Å². The van der Waals surface area contributed by atoms with Gasteiger partial charge in [0, 0.05) is 30.2 Å². The minimum Gasteiger partial charge on any atom is -0.381 e. The van der Waals surface area contributed by atoms with Crippen LogP contribution >= 0.6 is 12.0 Å². The normalized spacial score (nSPS) is 17.9. The molecule has 2 nitrogen and oxygen atoms in total. The molecule has 1 aromatic carbocycles. The van der Waals surface area contributed by atoms with Crippen molar-refractivity contribution in [1.29, 1.82) is 0 Å². The second-order valence-electron chi connectivity index (χ2n) is 5.60. The average Bonchev–Trinajstić information content (AvgIpc) is 2.48. The molecule has 3 heteroatoms. The maximum absolute atomic E-state index is 5.93. The number of aryl methyl sites for hydroxylation is 1. The van der Waals surface area contributed by atoms with Crippen LogP contribution in [0.15, 0.2) is 41.8 Å². The number of rotatable bonds is 7. The van der Waals surface area contributed by atoms with Crippen LogP contribution in [0.3, 0.4) is 0 Å². The van der Waals surface area contributed by atoms with Gasteiger partial charge in [-0.2, -0.15) is 0 Å². The van der Waals surface area contributed by atoms with Crippen LogP contribution in [-0.2, 0) is 8.92 Å². The Balaban J connectivity index is 1.84. The summed E-state index contributed by atoms with van der Waals surface area (Å²) in [6, 6.07) is 8.46. The molecule has 1 aromatic rings. The molecule has 0 atom stereocenters. The van der Waals surface area contributed by atoms with Crippen molar-refractivity contribution in [1.82, 2.24) is 0 Å². The highest BCUT2D eigenvalue weighted by Crippen LogP contribution is 2.37. The molecule has 2 rings (SSSR count). The lowest BCUT2D eigenvalue weighted by molar-refractivity contribution is -0.0104. The molecule has 1 fully saturated rings. The molecule has 0 N–H and O–H groups in total. The van der Waals surface area contributed by atoms with Gasteiger partial charge in [0.25, 0.3) is 0 Å². The van der Waals surface area contributed by atoms with Crippen molar-refractivity contribution in [2.45, 2.75) is 37.5 Å². The number of benzene rings is 1. The lowest BCUT2D eigenvalue weighted by Crippen LogP contribution is -2.33. The standard InChI is InChI=1S/C17H24O2S/c1-3-4-9-17(10-12-18-13-11-17)14-19-20-16-7-5-15(2)6-8-16/h3,5-8H,1,4,9-14H2,2H3.